The van der Waals surface area contributed by atoms with Gasteiger partial charge in [0.05, 0.1) is 17.1 Å². The van der Waals surface area contributed by atoms with Gasteiger partial charge in [-0.3, -0.25) is 9.59 Å². The minimum Gasteiger partial charge on any atom is -0.344 e. The van der Waals surface area contributed by atoms with Crippen LogP contribution in [0.4, 0.5) is 0 Å². The number of rotatable bonds is 5. The minimum absolute atomic E-state index is 0.0167. The highest BCUT2D eigenvalue weighted by molar-refractivity contribution is 7.10. The summed E-state index contributed by atoms with van der Waals surface area (Å²) in [5.41, 5.74) is 2.22. The summed E-state index contributed by atoms with van der Waals surface area (Å²) >= 11 is 1.65. The summed E-state index contributed by atoms with van der Waals surface area (Å²) in [5.74, 6) is -0.123. The minimum atomic E-state index is -0.123. The van der Waals surface area contributed by atoms with Crippen molar-refractivity contribution in [2.24, 2.45) is 7.05 Å². The topological polar surface area (TPSA) is 64.0 Å². The quantitative estimate of drug-likeness (QED) is 0.761. The van der Waals surface area contributed by atoms with Gasteiger partial charge in [-0.25, -0.2) is 4.98 Å². The van der Waals surface area contributed by atoms with Gasteiger partial charge in [0.15, 0.2) is 0 Å². The fourth-order valence-electron chi connectivity index (χ4n) is 2.92. The molecule has 0 aliphatic rings. The highest BCUT2D eigenvalue weighted by Crippen LogP contribution is 2.24. The number of thiophene rings is 1. The molecule has 3 rings (SSSR count). The standard InChI is InChI=1S/C19H21N3O2S/c1-4-6-14(17-7-5-10-25-17)21-18(23)13-8-9-16-15(11-13)20-12(2)19(24)22(16)3/h5,7-11,14H,4,6H2,1-3H3,(H,21,23). The van der Waals surface area contributed by atoms with E-state index >= 15 is 0 Å². The van der Waals surface area contributed by atoms with Crippen LogP contribution in [-0.4, -0.2) is 15.5 Å². The van der Waals surface area contributed by atoms with Gasteiger partial charge in [0.25, 0.3) is 11.5 Å². The van der Waals surface area contributed by atoms with Crippen molar-refractivity contribution >= 4 is 28.3 Å². The first kappa shape index (κ1) is 17.4. The fourth-order valence-corrected chi connectivity index (χ4v) is 3.74. The summed E-state index contributed by atoms with van der Waals surface area (Å²) < 4.78 is 1.56. The van der Waals surface area contributed by atoms with E-state index in [2.05, 4.69) is 17.2 Å². The van der Waals surface area contributed by atoms with E-state index in [9.17, 15) is 9.59 Å². The van der Waals surface area contributed by atoms with Gasteiger partial charge in [-0.05, 0) is 43.0 Å². The van der Waals surface area contributed by atoms with Crippen molar-refractivity contribution in [1.82, 2.24) is 14.9 Å². The second-order valence-electron chi connectivity index (χ2n) is 6.10. The molecule has 6 heteroatoms. The third-order valence-electron chi connectivity index (χ3n) is 4.27. The summed E-state index contributed by atoms with van der Waals surface area (Å²) in [6, 6.07) is 9.32. The zero-order valence-corrected chi connectivity index (χ0v) is 15.4. The Morgan fingerprint density at radius 1 is 1.36 bits per heavy atom. The Morgan fingerprint density at radius 3 is 2.84 bits per heavy atom. The van der Waals surface area contributed by atoms with Crippen molar-refractivity contribution < 1.29 is 4.79 Å². The van der Waals surface area contributed by atoms with Crippen LogP contribution in [0.2, 0.25) is 0 Å². The number of carbonyl (C=O) groups is 1. The molecule has 1 N–H and O–H groups in total. The number of amides is 1. The maximum absolute atomic E-state index is 12.7. The number of hydrogen-bond donors (Lipinski definition) is 1. The highest BCUT2D eigenvalue weighted by Gasteiger charge is 2.17. The molecule has 1 aromatic carbocycles. The van der Waals surface area contributed by atoms with E-state index in [1.165, 1.54) is 0 Å². The smallest absolute Gasteiger partial charge is 0.272 e. The fraction of sp³-hybridized carbons (Fsp3) is 0.316. The molecule has 0 saturated heterocycles. The van der Waals surface area contributed by atoms with Crippen molar-refractivity contribution in [3.8, 4) is 0 Å². The molecule has 3 aromatic rings. The van der Waals surface area contributed by atoms with Gasteiger partial charge < -0.3 is 9.88 Å². The first-order chi connectivity index (χ1) is 12.0. The normalized spacial score (nSPS) is 12.3. The molecule has 1 amide bonds. The average molecular weight is 355 g/mol. The lowest BCUT2D eigenvalue weighted by Crippen LogP contribution is -2.28. The van der Waals surface area contributed by atoms with E-state index in [0.717, 1.165) is 23.2 Å². The maximum atomic E-state index is 12.7. The zero-order chi connectivity index (χ0) is 18.0. The molecule has 5 nitrogen and oxygen atoms in total. The molecule has 0 bridgehead atoms. The highest BCUT2D eigenvalue weighted by atomic mass is 32.1. The average Bonchev–Trinajstić information content (AvgIpc) is 3.13. The van der Waals surface area contributed by atoms with Gasteiger partial charge >= 0.3 is 0 Å². The van der Waals surface area contributed by atoms with Crippen LogP contribution in [-0.2, 0) is 7.05 Å². The lowest BCUT2D eigenvalue weighted by Gasteiger charge is -2.17. The second kappa shape index (κ2) is 7.19. The van der Waals surface area contributed by atoms with Crippen LogP contribution >= 0.6 is 11.3 Å². The van der Waals surface area contributed by atoms with Crippen molar-refractivity contribution in [3.05, 3.63) is 62.2 Å². The Bertz CT molecular complexity index is 961. The lowest BCUT2D eigenvalue weighted by molar-refractivity contribution is 0.0935. The van der Waals surface area contributed by atoms with E-state index < -0.39 is 0 Å². The maximum Gasteiger partial charge on any atom is 0.272 e. The van der Waals surface area contributed by atoms with E-state index in [1.807, 2.05) is 17.5 Å². The molecule has 25 heavy (non-hydrogen) atoms. The van der Waals surface area contributed by atoms with Gasteiger partial charge in [-0.1, -0.05) is 19.4 Å². The van der Waals surface area contributed by atoms with Crippen LogP contribution in [0.15, 0.2) is 40.5 Å². The van der Waals surface area contributed by atoms with Gasteiger partial charge in [-0.2, -0.15) is 0 Å². The van der Waals surface area contributed by atoms with Crippen LogP contribution in [0.5, 0.6) is 0 Å². The molecule has 1 unspecified atom stereocenters. The van der Waals surface area contributed by atoms with E-state index in [0.29, 0.717) is 16.8 Å². The largest absolute Gasteiger partial charge is 0.344 e. The van der Waals surface area contributed by atoms with Gasteiger partial charge in [0.1, 0.15) is 5.69 Å². The summed E-state index contributed by atoms with van der Waals surface area (Å²) in [6.45, 7) is 3.79. The van der Waals surface area contributed by atoms with E-state index in [1.54, 1.807) is 48.1 Å². The first-order valence-corrected chi connectivity index (χ1v) is 9.21. The Hall–Kier alpha value is -2.47. The molecule has 0 fully saturated rings. The molecule has 1 atom stereocenters. The van der Waals surface area contributed by atoms with Gasteiger partial charge in [0.2, 0.25) is 0 Å². The molecule has 2 heterocycles. The van der Waals surface area contributed by atoms with Crippen LogP contribution in [0.3, 0.4) is 0 Å². The van der Waals surface area contributed by atoms with Crippen molar-refractivity contribution in [2.75, 3.05) is 0 Å². The molecule has 0 radical (unpaired) electrons. The zero-order valence-electron chi connectivity index (χ0n) is 14.6. The number of benzene rings is 1. The second-order valence-corrected chi connectivity index (χ2v) is 7.07. The summed E-state index contributed by atoms with van der Waals surface area (Å²) in [7, 11) is 1.72. The van der Waals surface area contributed by atoms with E-state index in [4.69, 9.17) is 0 Å². The predicted octanol–water partition coefficient (Wildman–Crippen LogP) is 3.57. The third-order valence-corrected chi connectivity index (χ3v) is 5.26. The van der Waals surface area contributed by atoms with Crippen LogP contribution in [0.25, 0.3) is 11.0 Å². The number of aryl methyl sites for hydroxylation is 2. The Balaban J connectivity index is 1.91. The molecular formula is C19H21N3O2S. The first-order valence-electron chi connectivity index (χ1n) is 8.33. The number of carbonyl (C=O) groups excluding carboxylic acids is 1. The molecule has 2 aromatic heterocycles. The molecule has 130 valence electrons. The summed E-state index contributed by atoms with van der Waals surface area (Å²) in [4.78, 5) is 30.2. The predicted molar refractivity (Wildman–Crippen MR) is 101 cm³/mol. The summed E-state index contributed by atoms with van der Waals surface area (Å²) in [5, 5.41) is 5.14. The van der Waals surface area contributed by atoms with Gasteiger partial charge in [-0.15, -0.1) is 11.3 Å². The third kappa shape index (κ3) is 3.49. The van der Waals surface area contributed by atoms with Crippen LogP contribution in [0, 0.1) is 6.92 Å². The Kier molecular flexibility index (Phi) is 4.99. The van der Waals surface area contributed by atoms with Crippen LogP contribution in [0.1, 0.15) is 46.7 Å². The van der Waals surface area contributed by atoms with Crippen molar-refractivity contribution in [1.29, 1.82) is 0 Å². The molecule has 0 aliphatic heterocycles. The summed E-state index contributed by atoms with van der Waals surface area (Å²) in [6.07, 6.45) is 1.88. The Morgan fingerprint density at radius 2 is 2.16 bits per heavy atom. The number of fused-ring (bicyclic) bond motifs is 1. The number of hydrogen-bond acceptors (Lipinski definition) is 4. The molecular weight excluding hydrogens is 334 g/mol. The Labute approximate surface area is 150 Å². The SMILES string of the molecule is CCCC(NC(=O)c1ccc2c(c1)nc(C)c(=O)n2C)c1cccs1. The molecule has 0 aliphatic carbocycles. The molecule has 0 spiro atoms. The van der Waals surface area contributed by atoms with Gasteiger partial charge in [0, 0.05) is 17.5 Å². The van der Waals surface area contributed by atoms with Crippen molar-refractivity contribution in [2.45, 2.75) is 32.7 Å². The van der Waals surface area contributed by atoms with Crippen LogP contribution < -0.4 is 10.9 Å². The monoisotopic (exact) mass is 355 g/mol. The van der Waals surface area contributed by atoms with E-state index in [-0.39, 0.29) is 17.5 Å². The number of nitrogens with zero attached hydrogens (tertiary/aromatic N) is 2. The number of nitrogens with one attached hydrogen (secondary N) is 1. The molecule has 0 saturated carbocycles. The number of aromatic nitrogens is 2. The van der Waals surface area contributed by atoms with Crippen molar-refractivity contribution in [3.63, 3.8) is 0 Å². The lowest BCUT2D eigenvalue weighted by atomic mass is 10.1.